The molecule has 1 aliphatic rings. The average molecular weight is 393 g/mol. The summed E-state index contributed by atoms with van der Waals surface area (Å²) >= 11 is 0. The number of nitrogens with zero attached hydrogens (tertiary/aromatic N) is 1. The summed E-state index contributed by atoms with van der Waals surface area (Å²) in [5.41, 5.74) is 4.10. The highest BCUT2D eigenvalue weighted by molar-refractivity contribution is 5.94. The molecule has 1 amide bonds. The number of aromatic amines is 1. The molecule has 0 saturated heterocycles. The maximum atomic E-state index is 12.8. The zero-order chi connectivity index (χ0) is 20.4. The number of aromatic nitrogens is 2. The quantitative estimate of drug-likeness (QED) is 0.669. The van der Waals surface area contributed by atoms with Gasteiger partial charge >= 0.3 is 0 Å². The van der Waals surface area contributed by atoms with Crippen molar-refractivity contribution in [1.29, 1.82) is 0 Å². The maximum Gasteiger partial charge on any atom is 0.269 e. The molecule has 7 heteroatoms. The summed E-state index contributed by atoms with van der Waals surface area (Å²) in [6, 6.07) is 13.1. The monoisotopic (exact) mass is 393 g/mol. The van der Waals surface area contributed by atoms with Crippen LogP contribution in [0.25, 0.3) is 11.3 Å². The molecule has 0 bridgehead atoms. The summed E-state index contributed by atoms with van der Waals surface area (Å²) in [5, 5.41) is 10.2. The van der Waals surface area contributed by atoms with Crippen LogP contribution in [0.2, 0.25) is 0 Å². The number of ether oxygens (including phenoxy) is 3. The van der Waals surface area contributed by atoms with Crippen LogP contribution in [0.15, 0.2) is 42.5 Å². The summed E-state index contributed by atoms with van der Waals surface area (Å²) in [6.45, 7) is 0. The van der Waals surface area contributed by atoms with E-state index in [9.17, 15) is 4.79 Å². The average Bonchev–Trinajstić information content (AvgIpc) is 3.40. The van der Waals surface area contributed by atoms with E-state index < -0.39 is 0 Å². The highest BCUT2D eigenvalue weighted by Crippen LogP contribution is 2.39. The van der Waals surface area contributed by atoms with Gasteiger partial charge in [-0.2, -0.15) is 5.10 Å². The molecule has 2 N–H and O–H groups in total. The first-order valence-electron chi connectivity index (χ1n) is 9.39. The highest BCUT2D eigenvalue weighted by Gasteiger charge is 2.27. The fourth-order valence-corrected chi connectivity index (χ4v) is 3.75. The number of rotatable bonds is 6. The molecule has 1 aromatic heterocycles. The van der Waals surface area contributed by atoms with E-state index in [1.165, 1.54) is 0 Å². The van der Waals surface area contributed by atoms with Gasteiger partial charge in [-0.05, 0) is 54.3 Å². The molecule has 0 spiro atoms. The summed E-state index contributed by atoms with van der Waals surface area (Å²) in [4.78, 5) is 12.8. The van der Waals surface area contributed by atoms with Gasteiger partial charge in [0.15, 0.2) is 11.5 Å². The molecule has 0 saturated carbocycles. The Morgan fingerprint density at radius 3 is 2.52 bits per heavy atom. The van der Waals surface area contributed by atoms with Crippen molar-refractivity contribution >= 4 is 5.91 Å². The van der Waals surface area contributed by atoms with E-state index in [1.54, 1.807) is 27.4 Å². The summed E-state index contributed by atoms with van der Waals surface area (Å²) in [6.07, 6.45) is 1.70. The van der Waals surface area contributed by atoms with Gasteiger partial charge in [0.2, 0.25) is 0 Å². The van der Waals surface area contributed by atoms with Crippen LogP contribution in [-0.2, 0) is 6.42 Å². The van der Waals surface area contributed by atoms with Crippen LogP contribution in [0.5, 0.6) is 17.2 Å². The van der Waals surface area contributed by atoms with E-state index in [2.05, 4.69) is 15.5 Å². The molecule has 150 valence electrons. The molecule has 1 aliphatic carbocycles. The van der Waals surface area contributed by atoms with Crippen LogP contribution >= 0.6 is 0 Å². The Bertz CT molecular complexity index is 1040. The maximum absolute atomic E-state index is 12.8. The topological polar surface area (TPSA) is 85.5 Å². The first kappa shape index (κ1) is 18.9. The zero-order valence-electron chi connectivity index (χ0n) is 16.6. The van der Waals surface area contributed by atoms with Crippen molar-refractivity contribution in [3.63, 3.8) is 0 Å². The van der Waals surface area contributed by atoms with Crippen molar-refractivity contribution in [1.82, 2.24) is 15.5 Å². The Morgan fingerprint density at radius 1 is 1.03 bits per heavy atom. The van der Waals surface area contributed by atoms with Crippen molar-refractivity contribution in [2.24, 2.45) is 0 Å². The number of benzene rings is 2. The molecular weight excluding hydrogens is 370 g/mol. The van der Waals surface area contributed by atoms with Crippen molar-refractivity contribution < 1.29 is 19.0 Å². The SMILES string of the molecule is COc1cc2c(cc1OC)[C@@H](NC(=O)c1cc(-c3ccccc3OC)n[nH]1)CC2. The number of methoxy groups -OCH3 is 3. The molecule has 3 aromatic rings. The van der Waals surface area contributed by atoms with Crippen molar-refractivity contribution in [2.75, 3.05) is 21.3 Å². The number of nitrogens with one attached hydrogen (secondary N) is 2. The molecule has 4 rings (SSSR count). The fourth-order valence-electron chi connectivity index (χ4n) is 3.75. The molecule has 0 unspecified atom stereocenters. The lowest BCUT2D eigenvalue weighted by molar-refractivity contribution is 0.0931. The van der Waals surface area contributed by atoms with E-state index >= 15 is 0 Å². The van der Waals surface area contributed by atoms with Gasteiger partial charge in [-0.25, -0.2) is 0 Å². The van der Waals surface area contributed by atoms with E-state index in [4.69, 9.17) is 14.2 Å². The molecule has 29 heavy (non-hydrogen) atoms. The second-order valence-electron chi connectivity index (χ2n) is 6.84. The van der Waals surface area contributed by atoms with Gasteiger partial charge < -0.3 is 19.5 Å². The van der Waals surface area contributed by atoms with E-state index in [0.29, 0.717) is 28.6 Å². The lowest BCUT2D eigenvalue weighted by atomic mass is 10.1. The van der Waals surface area contributed by atoms with Crippen LogP contribution in [0, 0.1) is 0 Å². The number of carbonyl (C=O) groups is 1. The van der Waals surface area contributed by atoms with Gasteiger partial charge in [-0.15, -0.1) is 0 Å². The lowest BCUT2D eigenvalue weighted by Gasteiger charge is -2.15. The molecule has 0 radical (unpaired) electrons. The third-order valence-corrected chi connectivity index (χ3v) is 5.23. The minimum atomic E-state index is -0.203. The number of aryl methyl sites for hydroxylation is 1. The third kappa shape index (κ3) is 3.51. The molecule has 7 nitrogen and oxygen atoms in total. The minimum Gasteiger partial charge on any atom is -0.496 e. The lowest BCUT2D eigenvalue weighted by Crippen LogP contribution is -2.27. The Hall–Kier alpha value is -3.48. The number of amides is 1. The molecule has 1 atom stereocenters. The minimum absolute atomic E-state index is 0.0877. The first-order chi connectivity index (χ1) is 14.1. The number of hydrogen-bond acceptors (Lipinski definition) is 5. The molecule has 1 heterocycles. The Balaban J connectivity index is 1.54. The van der Waals surface area contributed by atoms with Crippen molar-refractivity contribution in [2.45, 2.75) is 18.9 Å². The molecule has 0 fully saturated rings. The van der Waals surface area contributed by atoms with E-state index in [0.717, 1.165) is 29.5 Å². The summed E-state index contributed by atoms with van der Waals surface area (Å²) in [7, 11) is 4.84. The van der Waals surface area contributed by atoms with Crippen LogP contribution in [0.4, 0.5) is 0 Å². The van der Waals surface area contributed by atoms with Crippen LogP contribution in [0.1, 0.15) is 34.1 Å². The Morgan fingerprint density at radius 2 is 1.76 bits per heavy atom. The van der Waals surface area contributed by atoms with E-state index in [-0.39, 0.29) is 11.9 Å². The standard InChI is InChI=1S/C22H23N3O4/c1-27-19-7-5-4-6-14(19)17-12-18(25-24-17)22(26)23-16-9-8-13-10-20(28-2)21(29-3)11-15(13)16/h4-7,10-12,16H,8-9H2,1-3H3,(H,23,26)(H,24,25)/t16-/m0/s1. The molecule has 2 aromatic carbocycles. The third-order valence-electron chi connectivity index (χ3n) is 5.23. The second-order valence-corrected chi connectivity index (χ2v) is 6.84. The van der Waals surface area contributed by atoms with Crippen LogP contribution < -0.4 is 19.5 Å². The summed E-state index contributed by atoms with van der Waals surface area (Å²) < 4.78 is 16.2. The number of carbonyl (C=O) groups excluding carboxylic acids is 1. The Labute approximate surface area is 169 Å². The Kier molecular flexibility index (Phi) is 5.12. The van der Waals surface area contributed by atoms with Gasteiger partial charge in [0.05, 0.1) is 33.1 Å². The van der Waals surface area contributed by atoms with Crippen molar-refractivity contribution in [3.05, 3.63) is 59.3 Å². The normalized spacial score (nSPS) is 14.9. The predicted molar refractivity (Wildman–Crippen MR) is 109 cm³/mol. The van der Waals surface area contributed by atoms with E-state index in [1.807, 2.05) is 36.4 Å². The zero-order valence-corrected chi connectivity index (χ0v) is 16.6. The molecule has 0 aliphatic heterocycles. The summed E-state index contributed by atoms with van der Waals surface area (Å²) in [5.74, 6) is 1.86. The predicted octanol–water partition coefficient (Wildman–Crippen LogP) is 3.52. The van der Waals surface area contributed by atoms with Gasteiger partial charge in [-0.1, -0.05) is 12.1 Å². The van der Waals surface area contributed by atoms with Crippen LogP contribution in [-0.4, -0.2) is 37.4 Å². The fraction of sp³-hybridized carbons (Fsp3) is 0.273. The first-order valence-corrected chi connectivity index (χ1v) is 9.39. The van der Waals surface area contributed by atoms with Gasteiger partial charge in [0, 0.05) is 5.56 Å². The van der Waals surface area contributed by atoms with Crippen molar-refractivity contribution in [3.8, 4) is 28.5 Å². The number of para-hydroxylation sites is 1. The largest absolute Gasteiger partial charge is 0.496 e. The highest BCUT2D eigenvalue weighted by atomic mass is 16.5. The second kappa shape index (κ2) is 7.87. The van der Waals surface area contributed by atoms with Gasteiger partial charge in [0.25, 0.3) is 5.91 Å². The van der Waals surface area contributed by atoms with Crippen LogP contribution in [0.3, 0.4) is 0 Å². The van der Waals surface area contributed by atoms with Gasteiger partial charge in [0.1, 0.15) is 11.4 Å². The molecular formula is C22H23N3O4. The number of hydrogen-bond donors (Lipinski definition) is 2. The number of fused-ring (bicyclic) bond motifs is 1. The smallest absolute Gasteiger partial charge is 0.269 e. The van der Waals surface area contributed by atoms with Gasteiger partial charge in [-0.3, -0.25) is 9.89 Å². The number of H-pyrrole nitrogens is 1.